The van der Waals surface area contributed by atoms with Gasteiger partial charge in [-0.25, -0.2) is 4.98 Å². The van der Waals surface area contributed by atoms with E-state index in [0.717, 1.165) is 0 Å². The second kappa shape index (κ2) is 5.13. The van der Waals surface area contributed by atoms with Gasteiger partial charge in [-0.05, 0) is 6.54 Å². The Balaban J connectivity index is 2.40. The van der Waals surface area contributed by atoms with Crippen molar-refractivity contribution in [2.75, 3.05) is 13.2 Å². The normalized spacial score (nSPS) is 12.0. The minimum Gasteiger partial charge on any atom is -0.333 e. The average Bonchev–Trinajstić information content (AvgIpc) is 2.51. The van der Waals surface area contributed by atoms with Gasteiger partial charge in [0, 0.05) is 25.4 Å². The van der Waals surface area contributed by atoms with Gasteiger partial charge in [0.1, 0.15) is 5.82 Å². The molecule has 2 N–H and O–H groups in total. The van der Waals surface area contributed by atoms with Crippen LogP contribution in [0, 0.1) is 0 Å². The summed E-state index contributed by atoms with van der Waals surface area (Å²) in [5.41, 5.74) is 5.32. The standard InChI is InChI=1S/C8H12F3N3O/c9-8(10,11)15-6-5-14-4-3-13-7(14)1-2-12/h3-4H,1-2,5-6,12H2. The Morgan fingerprint density at radius 3 is 2.80 bits per heavy atom. The van der Waals surface area contributed by atoms with Crippen LogP contribution in [0.5, 0.6) is 0 Å². The Kier molecular flexibility index (Phi) is 4.10. The van der Waals surface area contributed by atoms with E-state index < -0.39 is 13.0 Å². The topological polar surface area (TPSA) is 53.1 Å². The van der Waals surface area contributed by atoms with Crippen LogP contribution in [0.2, 0.25) is 0 Å². The van der Waals surface area contributed by atoms with Crippen LogP contribution in [-0.2, 0) is 17.7 Å². The number of nitrogens with two attached hydrogens (primary N) is 1. The van der Waals surface area contributed by atoms with Crippen molar-refractivity contribution < 1.29 is 17.9 Å². The maximum Gasteiger partial charge on any atom is 0.522 e. The van der Waals surface area contributed by atoms with Crippen LogP contribution >= 0.6 is 0 Å². The van der Waals surface area contributed by atoms with Gasteiger partial charge in [-0.3, -0.25) is 4.74 Å². The third-order valence-corrected chi connectivity index (χ3v) is 1.77. The Bertz CT molecular complexity index is 298. The van der Waals surface area contributed by atoms with Gasteiger partial charge in [-0.1, -0.05) is 0 Å². The molecule has 4 nitrogen and oxygen atoms in total. The molecule has 0 saturated carbocycles. The van der Waals surface area contributed by atoms with Crippen LogP contribution in [0.3, 0.4) is 0 Å². The third kappa shape index (κ3) is 4.30. The Morgan fingerprint density at radius 2 is 2.20 bits per heavy atom. The van der Waals surface area contributed by atoms with Crippen molar-refractivity contribution in [3.8, 4) is 0 Å². The second-order valence-corrected chi connectivity index (χ2v) is 2.87. The molecule has 1 aromatic heterocycles. The lowest BCUT2D eigenvalue weighted by Gasteiger charge is -2.09. The molecule has 0 atom stereocenters. The first-order valence-corrected chi connectivity index (χ1v) is 4.43. The molecular weight excluding hydrogens is 211 g/mol. The zero-order valence-corrected chi connectivity index (χ0v) is 8.00. The van der Waals surface area contributed by atoms with Gasteiger partial charge < -0.3 is 10.3 Å². The smallest absolute Gasteiger partial charge is 0.333 e. The van der Waals surface area contributed by atoms with E-state index in [1.54, 1.807) is 10.8 Å². The summed E-state index contributed by atoms with van der Waals surface area (Å²) in [4.78, 5) is 3.97. The number of alkyl halides is 3. The van der Waals surface area contributed by atoms with Crippen LogP contribution in [0.1, 0.15) is 5.82 Å². The fraction of sp³-hybridized carbons (Fsp3) is 0.625. The highest BCUT2D eigenvalue weighted by Gasteiger charge is 2.28. The van der Waals surface area contributed by atoms with E-state index in [9.17, 15) is 13.2 Å². The number of hydrogen-bond donors (Lipinski definition) is 1. The van der Waals surface area contributed by atoms with Crippen molar-refractivity contribution >= 4 is 0 Å². The largest absolute Gasteiger partial charge is 0.522 e. The van der Waals surface area contributed by atoms with Crippen LogP contribution < -0.4 is 5.73 Å². The first-order chi connectivity index (χ1) is 7.03. The second-order valence-electron chi connectivity index (χ2n) is 2.87. The molecule has 0 aliphatic rings. The monoisotopic (exact) mass is 223 g/mol. The molecule has 0 saturated heterocycles. The van der Waals surface area contributed by atoms with Crippen molar-refractivity contribution in [1.82, 2.24) is 9.55 Å². The van der Waals surface area contributed by atoms with Crippen LogP contribution in [0.25, 0.3) is 0 Å². The molecule has 0 aromatic carbocycles. The Hall–Kier alpha value is -1.08. The highest BCUT2D eigenvalue weighted by molar-refractivity contribution is 4.92. The van der Waals surface area contributed by atoms with Gasteiger partial charge in [0.2, 0.25) is 0 Å². The van der Waals surface area contributed by atoms with E-state index in [-0.39, 0.29) is 6.54 Å². The van der Waals surface area contributed by atoms with Crippen molar-refractivity contribution in [3.63, 3.8) is 0 Å². The minimum atomic E-state index is -4.57. The van der Waals surface area contributed by atoms with Crippen molar-refractivity contribution in [1.29, 1.82) is 0 Å². The summed E-state index contributed by atoms with van der Waals surface area (Å²) in [6.07, 6.45) is -0.906. The van der Waals surface area contributed by atoms with Crippen LogP contribution in [-0.4, -0.2) is 29.1 Å². The number of ether oxygens (including phenoxy) is 1. The molecule has 0 bridgehead atoms. The zero-order valence-electron chi connectivity index (χ0n) is 8.00. The van der Waals surface area contributed by atoms with Crippen LogP contribution in [0.15, 0.2) is 12.4 Å². The van der Waals surface area contributed by atoms with Crippen molar-refractivity contribution in [2.24, 2.45) is 5.73 Å². The molecule has 15 heavy (non-hydrogen) atoms. The first-order valence-electron chi connectivity index (χ1n) is 4.43. The summed E-state index contributed by atoms with van der Waals surface area (Å²) in [5, 5.41) is 0. The lowest BCUT2D eigenvalue weighted by atomic mass is 10.4. The van der Waals surface area contributed by atoms with E-state index >= 15 is 0 Å². The molecule has 0 fully saturated rings. The highest BCUT2D eigenvalue weighted by atomic mass is 19.4. The quantitative estimate of drug-likeness (QED) is 0.807. The number of nitrogens with zero attached hydrogens (tertiary/aromatic N) is 2. The van der Waals surface area contributed by atoms with E-state index in [1.807, 2.05) is 0 Å². The van der Waals surface area contributed by atoms with Gasteiger partial charge >= 0.3 is 6.36 Å². The number of aromatic nitrogens is 2. The number of imidazole rings is 1. The van der Waals surface area contributed by atoms with Crippen LogP contribution in [0.4, 0.5) is 13.2 Å². The van der Waals surface area contributed by atoms with E-state index in [2.05, 4.69) is 9.72 Å². The molecule has 7 heteroatoms. The number of rotatable bonds is 5. The van der Waals surface area contributed by atoms with Crippen molar-refractivity contribution in [3.05, 3.63) is 18.2 Å². The minimum absolute atomic E-state index is 0.120. The fourth-order valence-electron chi connectivity index (χ4n) is 1.16. The summed E-state index contributed by atoms with van der Waals surface area (Å²) in [6, 6.07) is 0. The maximum atomic E-state index is 11.7. The van der Waals surface area contributed by atoms with E-state index in [1.165, 1.54) is 6.20 Å². The van der Waals surface area contributed by atoms with E-state index in [4.69, 9.17) is 5.73 Å². The molecule has 0 aliphatic heterocycles. The molecule has 0 amide bonds. The summed E-state index contributed by atoms with van der Waals surface area (Å²) in [6.45, 7) is 0.115. The predicted octanol–water partition coefficient (Wildman–Crippen LogP) is 0.921. The van der Waals surface area contributed by atoms with Gasteiger partial charge in [-0.15, -0.1) is 13.2 Å². The summed E-state index contributed by atoms with van der Waals surface area (Å²) >= 11 is 0. The molecule has 0 aliphatic carbocycles. The fourth-order valence-corrected chi connectivity index (χ4v) is 1.16. The third-order valence-electron chi connectivity index (χ3n) is 1.77. The Morgan fingerprint density at radius 1 is 1.47 bits per heavy atom. The molecule has 0 unspecified atom stereocenters. The van der Waals surface area contributed by atoms with Crippen molar-refractivity contribution in [2.45, 2.75) is 19.3 Å². The maximum absolute atomic E-state index is 11.7. The van der Waals surface area contributed by atoms with E-state index in [0.29, 0.717) is 18.8 Å². The van der Waals surface area contributed by atoms with Gasteiger partial charge in [0.15, 0.2) is 0 Å². The van der Waals surface area contributed by atoms with Gasteiger partial charge in [0.25, 0.3) is 0 Å². The predicted molar refractivity (Wildman–Crippen MR) is 47.0 cm³/mol. The molecule has 0 radical (unpaired) electrons. The zero-order chi connectivity index (χ0) is 11.3. The summed E-state index contributed by atoms with van der Waals surface area (Å²) in [7, 11) is 0. The number of hydrogen-bond acceptors (Lipinski definition) is 3. The number of halogens is 3. The lowest BCUT2D eigenvalue weighted by Crippen LogP contribution is -2.18. The molecule has 86 valence electrons. The highest BCUT2D eigenvalue weighted by Crippen LogP contribution is 2.15. The first kappa shape index (κ1) is 12.0. The Labute approximate surface area is 84.8 Å². The molecule has 1 aromatic rings. The SMILES string of the molecule is NCCc1nccn1CCOC(F)(F)F. The molecule has 0 spiro atoms. The summed E-state index contributed by atoms with van der Waals surface area (Å²) in [5.74, 6) is 0.670. The van der Waals surface area contributed by atoms with Gasteiger partial charge in [-0.2, -0.15) is 0 Å². The lowest BCUT2D eigenvalue weighted by molar-refractivity contribution is -0.325. The van der Waals surface area contributed by atoms with Gasteiger partial charge in [0.05, 0.1) is 6.61 Å². The summed E-state index contributed by atoms with van der Waals surface area (Å²) < 4.78 is 40.2. The molecular formula is C8H12F3N3O. The average molecular weight is 223 g/mol. The molecule has 1 heterocycles. The molecule has 1 rings (SSSR count).